The first-order valence-corrected chi connectivity index (χ1v) is 7.02. The number of hydrogen-bond acceptors (Lipinski definition) is 3. The van der Waals surface area contributed by atoms with Gasteiger partial charge in [0.15, 0.2) is 0 Å². The maximum absolute atomic E-state index is 5.37. The van der Waals surface area contributed by atoms with Crippen molar-refractivity contribution >= 4 is 0 Å². The van der Waals surface area contributed by atoms with Crippen molar-refractivity contribution in [3.63, 3.8) is 0 Å². The molecule has 0 unspecified atom stereocenters. The van der Waals surface area contributed by atoms with E-state index >= 15 is 0 Å². The Morgan fingerprint density at radius 3 is 2.83 bits per heavy atom. The van der Waals surface area contributed by atoms with Crippen LogP contribution in [0.4, 0.5) is 0 Å². The Balaban J connectivity index is 2.26. The van der Waals surface area contributed by atoms with Crippen LogP contribution in [0.15, 0.2) is 23.4 Å². The third-order valence-electron chi connectivity index (χ3n) is 3.14. The highest BCUT2D eigenvalue weighted by Crippen LogP contribution is 2.15. The molecule has 0 aromatic heterocycles. The van der Waals surface area contributed by atoms with E-state index in [0.717, 1.165) is 32.5 Å². The van der Waals surface area contributed by atoms with Crippen molar-refractivity contribution in [1.82, 2.24) is 10.9 Å². The molecule has 1 aliphatic carbocycles. The predicted molar refractivity (Wildman–Crippen MR) is 77.2 cm³/mol. The van der Waals surface area contributed by atoms with Gasteiger partial charge in [0.2, 0.25) is 0 Å². The maximum Gasteiger partial charge on any atom is 0.0466 e. The number of hydrogen-bond donors (Lipinski definition) is 2. The lowest BCUT2D eigenvalue weighted by atomic mass is 10.00. The highest BCUT2D eigenvalue weighted by atomic mass is 16.5. The van der Waals surface area contributed by atoms with E-state index in [2.05, 4.69) is 43.8 Å². The van der Waals surface area contributed by atoms with Gasteiger partial charge in [0, 0.05) is 24.4 Å². The molecular weight excluding hydrogens is 224 g/mol. The largest absolute Gasteiger partial charge is 0.382 e. The van der Waals surface area contributed by atoms with E-state index < -0.39 is 0 Å². The van der Waals surface area contributed by atoms with Crippen LogP contribution in [0.3, 0.4) is 0 Å². The molecule has 2 N–H and O–H groups in total. The molecule has 3 heteroatoms. The molecule has 0 atom stereocenters. The van der Waals surface area contributed by atoms with Crippen LogP contribution in [0.5, 0.6) is 0 Å². The van der Waals surface area contributed by atoms with Crippen molar-refractivity contribution in [3.05, 3.63) is 23.4 Å². The molecule has 104 valence electrons. The highest BCUT2D eigenvalue weighted by Gasteiger charge is 2.16. The minimum atomic E-state index is 0.0805. The maximum atomic E-state index is 5.37. The average Bonchev–Trinajstić information content (AvgIpc) is 2.33. The van der Waals surface area contributed by atoms with Gasteiger partial charge in [-0.15, -0.1) is 0 Å². The van der Waals surface area contributed by atoms with Gasteiger partial charge < -0.3 is 10.2 Å². The van der Waals surface area contributed by atoms with Crippen molar-refractivity contribution in [2.24, 2.45) is 0 Å². The van der Waals surface area contributed by atoms with Crippen LogP contribution in [0.25, 0.3) is 0 Å². The summed E-state index contributed by atoms with van der Waals surface area (Å²) in [5, 5.41) is 0. The van der Waals surface area contributed by atoms with Gasteiger partial charge >= 0.3 is 0 Å². The van der Waals surface area contributed by atoms with Crippen LogP contribution in [0, 0.1) is 0 Å². The molecule has 0 aromatic rings. The van der Waals surface area contributed by atoms with Crippen molar-refractivity contribution in [1.29, 1.82) is 0 Å². The Labute approximate surface area is 112 Å². The first-order valence-electron chi connectivity index (χ1n) is 7.02. The summed E-state index contributed by atoms with van der Waals surface area (Å²) in [6, 6.07) is 0. The molecular formula is C15H28N2O. The van der Waals surface area contributed by atoms with Gasteiger partial charge in [-0.3, -0.25) is 0 Å². The zero-order chi connectivity index (χ0) is 13.4. The number of allylic oxidation sites excluding steroid dienone is 3. The average molecular weight is 252 g/mol. The summed E-state index contributed by atoms with van der Waals surface area (Å²) in [5.74, 6) is 0. The predicted octanol–water partition coefficient (Wildman–Crippen LogP) is 3.30. The van der Waals surface area contributed by atoms with E-state index in [0.29, 0.717) is 0 Å². The Hall–Kier alpha value is -0.800. The summed E-state index contributed by atoms with van der Waals surface area (Å²) >= 11 is 0. The van der Waals surface area contributed by atoms with Crippen LogP contribution >= 0.6 is 0 Å². The number of ether oxygens (including phenoxy) is 1. The number of rotatable bonds is 8. The fourth-order valence-corrected chi connectivity index (χ4v) is 2.00. The Morgan fingerprint density at radius 2 is 2.17 bits per heavy atom. The lowest BCUT2D eigenvalue weighted by Gasteiger charge is -2.28. The third kappa shape index (κ3) is 6.22. The minimum Gasteiger partial charge on any atom is -0.382 e. The van der Waals surface area contributed by atoms with E-state index in [9.17, 15) is 0 Å². The van der Waals surface area contributed by atoms with Gasteiger partial charge in [-0.05, 0) is 59.5 Å². The van der Waals surface area contributed by atoms with Gasteiger partial charge in [-0.2, -0.15) is 0 Å². The van der Waals surface area contributed by atoms with Crippen LogP contribution in [-0.4, -0.2) is 18.8 Å². The lowest BCUT2D eigenvalue weighted by Crippen LogP contribution is -2.47. The molecule has 0 saturated heterocycles. The molecule has 0 saturated carbocycles. The van der Waals surface area contributed by atoms with Crippen molar-refractivity contribution in [3.8, 4) is 0 Å². The first kappa shape index (κ1) is 15.3. The van der Waals surface area contributed by atoms with Crippen LogP contribution in [0.2, 0.25) is 0 Å². The monoisotopic (exact) mass is 252 g/mol. The summed E-state index contributed by atoms with van der Waals surface area (Å²) in [6.07, 6.45) is 8.96. The molecule has 0 heterocycles. The SMILES string of the molecule is CCOCCCC(C)(C)NNC1=CCCC(C)=C1. The van der Waals surface area contributed by atoms with Gasteiger partial charge in [0.25, 0.3) is 0 Å². The normalized spacial score (nSPS) is 16.2. The fourth-order valence-electron chi connectivity index (χ4n) is 2.00. The highest BCUT2D eigenvalue weighted by molar-refractivity contribution is 5.24. The first-order chi connectivity index (χ1) is 8.53. The quantitative estimate of drug-likeness (QED) is 0.513. The molecule has 0 aliphatic heterocycles. The summed E-state index contributed by atoms with van der Waals surface area (Å²) in [7, 11) is 0. The smallest absolute Gasteiger partial charge is 0.0466 e. The van der Waals surface area contributed by atoms with Gasteiger partial charge in [0.05, 0.1) is 0 Å². The molecule has 1 aliphatic rings. The van der Waals surface area contributed by atoms with Gasteiger partial charge in [0.1, 0.15) is 0 Å². The summed E-state index contributed by atoms with van der Waals surface area (Å²) in [6.45, 7) is 10.3. The molecule has 0 spiro atoms. The third-order valence-corrected chi connectivity index (χ3v) is 3.14. The zero-order valence-corrected chi connectivity index (χ0v) is 12.3. The van der Waals surface area contributed by atoms with Crippen molar-refractivity contribution in [2.45, 2.75) is 58.9 Å². The van der Waals surface area contributed by atoms with E-state index in [1.165, 1.54) is 17.7 Å². The molecule has 0 aromatic carbocycles. The lowest BCUT2D eigenvalue weighted by molar-refractivity contribution is 0.135. The van der Waals surface area contributed by atoms with E-state index in [-0.39, 0.29) is 5.54 Å². The standard InChI is InChI=1S/C15H28N2O/c1-5-18-11-7-10-15(3,4)17-16-14-9-6-8-13(2)12-14/h9,12,16-17H,5-8,10-11H2,1-4H3. The molecule has 0 radical (unpaired) electrons. The van der Waals surface area contributed by atoms with E-state index in [4.69, 9.17) is 4.74 Å². The van der Waals surface area contributed by atoms with Crippen LogP contribution in [-0.2, 0) is 4.74 Å². The second-order valence-electron chi connectivity index (χ2n) is 5.62. The van der Waals surface area contributed by atoms with Crippen LogP contribution < -0.4 is 10.9 Å². The summed E-state index contributed by atoms with van der Waals surface area (Å²) < 4.78 is 5.37. The molecule has 0 fully saturated rings. The number of hydrazine groups is 1. The summed E-state index contributed by atoms with van der Waals surface area (Å²) in [4.78, 5) is 0. The Bertz CT molecular complexity index is 306. The molecule has 0 bridgehead atoms. The molecule has 1 rings (SSSR count). The number of nitrogens with one attached hydrogen (secondary N) is 2. The topological polar surface area (TPSA) is 33.3 Å². The van der Waals surface area contributed by atoms with Gasteiger partial charge in [-0.25, -0.2) is 5.43 Å². The van der Waals surface area contributed by atoms with E-state index in [1.54, 1.807) is 0 Å². The molecule has 18 heavy (non-hydrogen) atoms. The van der Waals surface area contributed by atoms with E-state index in [1.807, 2.05) is 6.92 Å². The second-order valence-corrected chi connectivity index (χ2v) is 5.62. The summed E-state index contributed by atoms with van der Waals surface area (Å²) in [5.41, 5.74) is 9.45. The van der Waals surface area contributed by atoms with Gasteiger partial charge in [-0.1, -0.05) is 11.6 Å². The Kier molecular flexibility index (Phi) is 6.44. The fraction of sp³-hybridized carbons (Fsp3) is 0.733. The second kappa shape index (κ2) is 7.59. The zero-order valence-electron chi connectivity index (χ0n) is 12.3. The Morgan fingerprint density at radius 1 is 1.39 bits per heavy atom. The molecule has 0 amide bonds. The van der Waals surface area contributed by atoms with Crippen LogP contribution in [0.1, 0.15) is 53.4 Å². The van der Waals surface area contributed by atoms with Crippen molar-refractivity contribution < 1.29 is 4.74 Å². The van der Waals surface area contributed by atoms with Crippen molar-refractivity contribution in [2.75, 3.05) is 13.2 Å². The minimum absolute atomic E-state index is 0.0805. The molecule has 3 nitrogen and oxygen atoms in total.